The predicted octanol–water partition coefficient (Wildman–Crippen LogP) is 5.63. The minimum atomic E-state index is 0.514. The van der Waals surface area contributed by atoms with E-state index in [1.165, 1.54) is 36.8 Å². The van der Waals surface area contributed by atoms with Crippen LogP contribution in [-0.2, 0) is 6.42 Å². The van der Waals surface area contributed by atoms with E-state index in [0.717, 1.165) is 24.3 Å². The van der Waals surface area contributed by atoms with E-state index in [0.29, 0.717) is 6.04 Å². The second kappa shape index (κ2) is 8.48. The summed E-state index contributed by atoms with van der Waals surface area (Å²) in [4.78, 5) is 0. The molecule has 0 spiro atoms. The standard InChI is InChI=1S/C23H31N/c1-3-19-17-24-23(20-13-9-6-10-14-20)21(4-2)22(19)16-15-18-11-7-5-8-12-18/h5-14,19,21-24H,3-4,15-17H2,1-2H3. The molecule has 0 aliphatic carbocycles. The zero-order valence-electron chi connectivity index (χ0n) is 15.1. The number of benzene rings is 2. The minimum absolute atomic E-state index is 0.514. The van der Waals surface area contributed by atoms with Gasteiger partial charge in [0, 0.05) is 6.04 Å². The van der Waals surface area contributed by atoms with Crippen LogP contribution in [0.15, 0.2) is 60.7 Å². The van der Waals surface area contributed by atoms with Crippen LogP contribution in [0.1, 0.15) is 50.3 Å². The molecular formula is C23H31N. The summed E-state index contributed by atoms with van der Waals surface area (Å²) in [6.45, 7) is 5.89. The van der Waals surface area contributed by atoms with Crippen LogP contribution in [-0.4, -0.2) is 6.54 Å². The van der Waals surface area contributed by atoms with E-state index < -0.39 is 0 Å². The van der Waals surface area contributed by atoms with Crippen LogP contribution in [0, 0.1) is 17.8 Å². The first kappa shape index (κ1) is 17.2. The van der Waals surface area contributed by atoms with Crippen molar-refractivity contribution >= 4 is 0 Å². The Kier molecular flexibility index (Phi) is 6.09. The lowest BCUT2D eigenvalue weighted by Crippen LogP contribution is -2.45. The van der Waals surface area contributed by atoms with Gasteiger partial charge in [0.2, 0.25) is 0 Å². The fourth-order valence-electron chi connectivity index (χ4n) is 4.62. The molecule has 3 rings (SSSR count). The number of hydrogen-bond donors (Lipinski definition) is 1. The van der Waals surface area contributed by atoms with Crippen LogP contribution in [0.4, 0.5) is 0 Å². The van der Waals surface area contributed by atoms with E-state index in [4.69, 9.17) is 0 Å². The summed E-state index contributed by atoms with van der Waals surface area (Å²) in [5.41, 5.74) is 2.95. The summed E-state index contributed by atoms with van der Waals surface area (Å²) >= 11 is 0. The second-order valence-corrected chi connectivity index (χ2v) is 7.23. The Morgan fingerprint density at radius 3 is 2.12 bits per heavy atom. The first-order chi connectivity index (χ1) is 11.8. The van der Waals surface area contributed by atoms with Crippen molar-refractivity contribution in [1.82, 2.24) is 5.32 Å². The van der Waals surface area contributed by atoms with Gasteiger partial charge < -0.3 is 5.32 Å². The lowest BCUT2D eigenvalue weighted by atomic mass is 9.68. The molecule has 1 nitrogen and oxygen atoms in total. The average molecular weight is 322 g/mol. The van der Waals surface area contributed by atoms with Crippen molar-refractivity contribution < 1.29 is 0 Å². The zero-order chi connectivity index (χ0) is 16.8. The molecule has 0 saturated carbocycles. The van der Waals surface area contributed by atoms with E-state index in [1.54, 1.807) is 0 Å². The van der Waals surface area contributed by atoms with Gasteiger partial charge in [-0.1, -0.05) is 87.4 Å². The van der Waals surface area contributed by atoms with Crippen molar-refractivity contribution in [1.29, 1.82) is 0 Å². The van der Waals surface area contributed by atoms with Gasteiger partial charge in [0.05, 0.1) is 0 Å². The number of hydrogen-bond acceptors (Lipinski definition) is 1. The highest BCUT2D eigenvalue weighted by Gasteiger charge is 2.37. The van der Waals surface area contributed by atoms with E-state index in [-0.39, 0.29) is 0 Å². The number of nitrogens with one attached hydrogen (secondary N) is 1. The monoisotopic (exact) mass is 321 g/mol. The van der Waals surface area contributed by atoms with Gasteiger partial charge >= 0.3 is 0 Å². The van der Waals surface area contributed by atoms with Crippen LogP contribution in [0.3, 0.4) is 0 Å². The van der Waals surface area contributed by atoms with E-state index in [9.17, 15) is 0 Å². The maximum Gasteiger partial charge on any atom is 0.0351 e. The van der Waals surface area contributed by atoms with Gasteiger partial charge in [-0.3, -0.25) is 0 Å². The highest BCUT2D eigenvalue weighted by molar-refractivity contribution is 5.21. The molecule has 0 radical (unpaired) electrons. The molecule has 1 N–H and O–H groups in total. The lowest BCUT2D eigenvalue weighted by molar-refractivity contribution is 0.105. The molecule has 1 saturated heterocycles. The van der Waals surface area contributed by atoms with Crippen molar-refractivity contribution in [3.05, 3.63) is 71.8 Å². The van der Waals surface area contributed by atoms with Gasteiger partial charge in [-0.15, -0.1) is 0 Å². The molecule has 2 aromatic carbocycles. The Balaban J connectivity index is 1.77. The van der Waals surface area contributed by atoms with Crippen molar-refractivity contribution in [2.75, 3.05) is 6.54 Å². The van der Waals surface area contributed by atoms with Gasteiger partial charge in [-0.25, -0.2) is 0 Å². The van der Waals surface area contributed by atoms with Crippen LogP contribution >= 0.6 is 0 Å². The molecule has 0 amide bonds. The van der Waals surface area contributed by atoms with Gasteiger partial charge in [0.1, 0.15) is 0 Å². The fourth-order valence-corrected chi connectivity index (χ4v) is 4.62. The first-order valence-electron chi connectivity index (χ1n) is 9.65. The van der Waals surface area contributed by atoms with Crippen LogP contribution in [0.2, 0.25) is 0 Å². The third-order valence-electron chi connectivity index (χ3n) is 5.95. The fraction of sp³-hybridized carbons (Fsp3) is 0.478. The Bertz CT molecular complexity index is 592. The predicted molar refractivity (Wildman–Crippen MR) is 103 cm³/mol. The summed E-state index contributed by atoms with van der Waals surface area (Å²) in [7, 11) is 0. The Morgan fingerprint density at radius 2 is 1.50 bits per heavy atom. The van der Waals surface area contributed by atoms with Crippen molar-refractivity contribution in [2.45, 2.75) is 45.6 Å². The summed E-state index contributed by atoms with van der Waals surface area (Å²) in [5.74, 6) is 2.35. The molecule has 1 heterocycles. The molecule has 4 unspecified atom stereocenters. The van der Waals surface area contributed by atoms with Gasteiger partial charge in [-0.05, 0) is 48.3 Å². The van der Waals surface area contributed by atoms with Crippen molar-refractivity contribution in [3.8, 4) is 0 Å². The van der Waals surface area contributed by atoms with Crippen molar-refractivity contribution in [2.24, 2.45) is 17.8 Å². The maximum atomic E-state index is 3.87. The summed E-state index contributed by atoms with van der Waals surface area (Å²) in [6, 6.07) is 22.6. The number of piperidine rings is 1. The third kappa shape index (κ3) is 3.89. The third-order valence-corrected chi connectivity index (χ3v) is 5.95. The highest BCUT2D eigenvalue weighted by atomic mass is 14.9. The molecule has 128 valence electrons. The minimum Gasteiger partial charge on any atom is -0.309 e. The molecule has 0 aromatic heterocycles. The summed E-state index contributed by atoms with van der Waals surface area (Å²) in [5, 5.41) is 3.87. The average Bonchev–Trinajstić information content (AvgIpc) is 2.67. The Morgan fingerprint density at radius 1 is 0.833 bits per heavy atom. The first-order valence-corrected chi connectivity index (χ1v) is 9.65. The molecule has 1 aliphatic rings. The largest absolute Gasteiger partial charge is 0.309 e. The smallest absolute Gasteiger partial charge is 0.0351 e. The maximum absolute atomic E-state index is 3.87. The quantitative estimate of drug-likeness (QED) is 0.727. The molecule has 1 aliphatic heterocycles. The van der Waals surface area contributed by atoms with Gasteiger partial charge in [-0.2, -0.15) is 0 Å². The zero-order valence-corrected chi connectivity index (χ0v) is 15.1. The van der Waals surface area contributed by atoms with Crippen molar-refractivity contribution in [3.63, 3.8) is 0 Å². The van der Waals surface area contributed by atoms with Crippen LogP contribution in [0.5, 0.6) is 0 Å². The van der Waals surface area contributed by atoms with Gasteiger partial charge in [0.15, 0.2) is 0 Å². The number of aryl methyl sites for hydroxylation is 1. The summed E-state index contributed by atoms with van der Waals surface area (Å²) in [6.07, 6.45) is 5.05. The molecule has 24 heavy (non-hydrogen) atoms. The SMILES string of the molecule is CCC1CNC(c2ccccc2)C(CC)C1CCc1ccccc1. The summed E-state index contributed by atoms with van der Waals surface area (Å²) < 4.78 is 0. The molecule has 4 atom stereocenters. The highest BCUT2D eigenvalue weighted by Crippen LogP contribution is 2.41. The molecule has 1 fully saturated rings. The topological polar surface area (TPSA) is 12.0 Å². The van der Waals surface area contributed by atoms with Gasteiger partial charge in [0.25, 0.3) is 0 Å². The lowest BCUT2D eigenvalue weighted by Gasteiger charge is -2.44. The molecule has 0 bridgehead atoms. The Hall–Kier alpha value is -1.60. The second-order valence-electron chi connectivity index (χ2n) is 7.23. The molecule has 1 heteroatoms. The Labute approximate surface area is 147 Å². The normalized spacial score (nSPS) is 27.1. The van der Waals surface area contributed by atoms with Crippen LogP contribution in [0.25, 0.3) is 0 Å². The van der Waals surface area contributed by atoms with E-state index in [2.05, 4.69) is 79.8 Å². The molecule has 2 aromatic rings. The van der Waals surface area contributed by atoms with Crippen LogP contribution < -0.4 is 5.32 Å². The number of rotatable bonds is 6. The van der Waals surface area contributed by atoms with E-state index >= 15 is 0 Å². The van der Waals surface area contributed by atoms with E-state index in [1.807, 2.05) is 0 Å². The molecular weight excluding hydrogens is 290 g/mol.